The predicted octanol–water partition coefficient (Wildman–Crippen LogP) is 10.9. The van der Waals surface area contributed by atoms with Crippen LogP contribution in [0.4, 0.5) is 11.4 Å². The minimum atomic E-state index is -0.116. The molecule has 0 saturated carbocycles. The highest BCUT2D eigenvalue weighted by Gasteiger charge is 2.35. The molecular weight excluding hydrogens is 482 g/mol. The molecule has 0 unspecified atom stereocenters. The zero-order chi connectivity index (χ0) is 28.2. The van der Waals surface area contributed by atoms with Crippen molar-refractivity contribution in [1.82, 2.24) is 0 Å². The molecule has 6 rings (SSSR count). The standard InChI is InChI=1S/C39H39N/c1-26-23-36-34(32-19-11-12-21-35(32)39(36,6)7)25-33(26)29-17-13-18-30(24-29)40(38(3,4)5)37-22-14-20-31(27(37)2)28-15-9-8-10-16-28/h8-25H,1-7H3. The van der Waals surface area contributed by atoms with Crippen molar-refractivity contribution in [2.45, 2.75) is 59.4 Å². The molecule has 1 nitrogen and oxygen atoms in total. The van der Waals surface area contributed by atoms with E-state index in [1.807, 2.05) is 0 Å². The van der Waals surface area contributed by atoms with Crippen LogP contribution < -0.4 is 4.90 Å². The number of rotatable bonds is 4. The molecule has 0 N–H and O–H groups in total. The highest BCUT2D eigenvalue weighted by Crippen LogP contribution is 2.50. The second-order valence-corrected chi connectivity index (χ2v) is 12.8. The van der Waals surface area contributed by atoms with Gasteiger partial charge in [-0.3, -0.25) is 0 Å². The first-order valence-electron chi connectivity index (χ1n) is 14.4. The molecule has 0 amide bonds. The van der Waals surface area contributed by atoms with E-state index in [4.69, 9.17) is 0 Å². The number of aryl methyl sites for hydroxylation is 1. The van der Waals surface area contributed by atoms with E-state index in [0.29, 0.717) is 0 Å². The average molecular weight is 522 g/mol. The van der Waals surface area contributed by atoms with Gasteiger partial charge in [0.25, 0.3) is 0 Å². The van der Waals surface area contributed by atoms with Crippen molar-refractivity contribution in [2.24, 2.45) is 0 Å². The van der Waals surface area contributed by atoms with E-state index in [2.05, 4.69) is 163 Å². The maximum atomic E-state index is 2.50. The number of hydrogen-bond donors (Lipinski definition) is 0. The van der Waals surface area contributed by atoms with Crippen molar-refractivity contribution in [1.29, 1.82) is 0 Å². The number of nitrogens with zero attached hydrogens (tertiary/aromatic N) is 1. The summed E-state index contributed by atoms with van der Waals surface area (Å²) in [7, 11) is 0. The average Bonchev–Trinajstić information content (AvgIpc) is 3.15. The molecule has 1 heteroatoms. The number of hydrogen-bond acceptors (Lipinski definition) is 1. The van der Waals surface area contributed by atoms with Crippen LogP contribution in [0.5, 0.6) is 0 Å². The molecule has 0 saturated heterocycles. The van der Waals surface area contributed by atoms with Gasteiger partial charge >= 0.3 is 0 Å². The normalized spacial score (nSPS) is 13.6. The van der Waals surface area contributed by atoms with Crippen molar-refractivity contribution >= 4 is 11.4 Å². The quantitative estimate of drug-likeness (QED) is 0.227. The SMILES string of the molecule is Cc1cc2c(cc1-c1cccc(N(c3cccc(-c4ccccc4)c3C)C(C)(C)C)c1)-c1ccccc1C2(C)C. The summed E-state index contributed by atoms with van der Waals surface area (Å²) in [5, 5.41) is 0. The summed E-state index contributed by atoms with van der Waals surface area (Å²) in [4.78, 5) is 2.50. The van der Waals surface area contributed by atoms with Gasteiger partial charge in [-0.05, 0) is 115 Å². The second kappa shape index (κ2) is 9.52. The monoisotopic (exact) mass is 521 g/mol. The molecule has 0 bridgehead atoms. The summed E-state index contributed by atoms with van der Waals surface area (Å²) < 4.78 is 0. The van der Waals surface area contributed by atoms with Crippen LogP contribution in [0, 0.1) is 13.8 Å². The van der Waals surface area contributed by atoms with Gasteiger partial charge in [-0.1, -0.05) is 98.8 Å². The van der Waals surface area contributed by atoms with Crippen molar-refractivity contribution in [2.75, 3.05) is 4.90 Å². The van der Waals surface area contributed by atoms with Crippen LogP contribution >= 0.6 is 0 Å². The van der Waals surface area contributed by atoms with Crippen LogP contribution in [-0.2, 0) is 5.41 Å². The van der Waals surface area contributed by atoms with Gasteiger partial charge in [0, 0.05) is 22.3 Å². The molecule has 5 aromatic rings. The highest BCUT2D eigenvalue weighted by atomic mass is 15.2. The lowest BCUT2D eigenvalue weighted by molar-refractivity contribution is 0.559. The topological polar surface area (TPSA) is 3.24 Å². The molecule has 5 aromatic carbocycles. The predicted molar refractivity (Wildman–Crippen MR) is 173 cm³/mol. The van der Waals surface area contributed by atoms with E-state index in [-0.39, 0.29) is 11.0 Å². The van der Waals surface area contributed by atoms with Gasteiger partial charge in [-0.2, -0.15) is 0 Å². The minimum Gasteiger partial charge on any atom is -0.336 e. The molecule has 0 aliphatic heterocycles. The van der Waals surface area contributed by atoms with Crippen molar-refractivity contribution in [3.8, 4) is 33.4 Å². The first kappa shape index (κ1) is 26.1. The minimum absolute atomic E-state index is 0.0153. The fourth-order valence-corrected chi connectivity index (χ4v) is 6.66. The maximum Gasteiger partial charge on any atom is 0.0451 e. The Bertz CT molecular complexity index is 1720. The summed E-state index contributed by atoms with van der Waals surface area (Å²) in [5.74, 6) is 0. The fraction of sp³-hybridized carbons (Fsp3) is 0.231. The zero-order valence-corrected chi connectivity index (χ0v) is 24.8. The van der Waals surface area contributed by atoms with Gasteiger partial charge in [0.1, 0.15) is 0 Å². The third kappa shape index (κ3) is 4.25. The van der Waals surface area contributed by atoms with Crippen LogP contribution in [0.3, 0.4) is 0 Å². The second-order valence-electron chi connectivity index (χ2n) is 12.8. The van der Waals surface area contributed by atoms with Crippen LogP contribution in [0.15, 0.2) is 109 Å². The van der Waals surface area contributed by atoms with Gasteiger partial charge in [-0.15, -0.1) is 0 Å². The number of anilines is 2. The lowest BCUT2D eigenvalue weighted by Crippen LogP contribution is -2.38. The van der Waals surface area contributed by atoms with Gasteiger partial charge in [0.05, 0.1) is 0 Å². The molecule has 200 valence electrons. The first-order valence-corrected chi connectivity index (χ1v) is 14.4. The summed E-state index contributed by atoms with van der Waals surface area (Å²) in [6.07, 6.45) is 0. The Hall–Kier alpha value is -4.10. The molecule has 0 aromatic heterocycles. The number of fused-ring (bicyclic) bond motifs is 3. The van der Waals surface area contributed by atoms with Gasteiger partial charge < -0.3 is 4.90 Å². The molecule has 0 radical (unpaired) electrons. The van der Waals surface area contributed by atoms with Crippen LogP contribution in [-0.4, -0.2) is 5.54 Å². The largest absolute Gasteiger partial charge is 0.336 e. The summed E-state index contributed by atoms with van der Waals surface area (Å²) in [5.41, 5.74) is 15.6. The van der Waals surface area contributed by atoms with Crippen LogP contribution in [0.1, 0.15) is 56.9 Å². The smallest absolute Gasteiger partial charge is 0.0451 e. The Morgan fingerprint density at radius 1 is 0.550 bits per heavy atom. The maximum absolute atomic E-state index is 2.50. The Morgan fingerprint density at radius 3 is 1.95 bits per heavy atom. The lowest BCUT2D eigenvalue weighted by atomic mass is 9.81. The highest BCUT2D eigenvalue weighted by molar-refractivity contribution is 5.87. The molecular formula is C39H39N. The first-order chi connectivity index (χ1) is 19.1. The third-order valence-corrected chi connectivity index (χ3v) is 8.65. The van der Waals surface area contributed by atoms with Gasteiger partial charge in [-0.25, -0.2) is 0 Å². The lowest BCUT2D eigenvalue weighted by Gasteiger charge is -2.39. The van der Waals surface area contributed by atoms with Crippen LogP contribution in [0.25, 0.3) is 33.4 Å². The van der Waals surface area contributed by atoms with E-state index in [9.17, 15) is 0 Å². The Balaban J connectivity index is 1.48. The molecule has 0 heterocycles. The molecule has 1 aliphatic rings. The number of benzene rings is 5. The molecule has 1 aliphatic carbocycles. The summed E-state index contributed by atoms with van der Waals surface area (Å²) in [6.45, 7) is 16.1. The van der Waals surface area contributed by atoms with E-state index >= 15 is 0 Å². The van der Waals surface area contributed by atoms with E-state index in [1.54, 1.807) is 0 Å². The molecule has 0 fully saturated rings. The van der Waals surface area contributed by atoms with Gasteiger partial charge in [0.15, 0.2) is 0 Å². The van der Waals surface area contributed by atoms with Crippen LogP contribution in [0.2, 0.25) is 0 Å². The fourth-order valence-electron chi connectivity index (χ4n) is 6.66. The summed E-state index contributed by atoms with van der Waals surface area (Å²) in [6, 6.07) is 40.3. The van der Waals surface area contributed by atoms with Crippen molar-refractivity contribution in [3.05, 3.63) is 131 Å². The Morgan fingerprint density at radius 2 is 1.20 bits per heavy atom. The van der Waals surface area contributed by atoms with Crippen molar-refractivity contribution < 1.29 is 0 Å². The molecule has 0 spiro atoms. The Kier molecular flexibility index (Phi) is 6.22. The molecule has 40 heavy (non-hydrogen) atoms. The van der Waals surface area contributed by atoms with E-state index in [0.717, 1.165) is 0 Å². The molecule has 0 atom stereocenters. The van der Waals surface area contributed by atoms with Crippen molar-refractivity contribution in [3.63, 3.8) is 0 Å². The van der Waals surface area contributed by atoms with E-state index < -0.39 is 0 Å². The van der Waals surface area contributed by atoms with E-state index in [1.165, 1.54) is 67.0 Å². The zero-order valence-electron chi connectivity index (χ0n) is 24.8. The summed E-state index contributed by atoms with van der Waals surface area (Å²) >= 11 is 0. The third-order valence-electron chi connectivity index (χ3n) is 8.65. The Labute approximate surface area is 240 Å². The van der Waals surface area contributed by atoms with Gasteiger partial charge in [0.2, 0.25) is 0 Å².